The molecule has 216 valence electrons. The van der Waals surface area contributed by atoms with Crippen LogP contribution in [0, 0.1) is 0 Å². The Morgan fingerprint density at radius 2 is 1.66 bits per heavy atom. The summed E-state index contributed by atoms with van der Waals surface area (Å²) in [6.45, 7) is 0.0480. The second kappa shape index (κ2) is 12.0. The molecule has 2 aliphatic heterocycles. The lowest BCUT2D eigenvalue weighted by Crippen LogP contribution is -2.47. The van der Waals surface area contributed by atoms with Crippen LogP contribution in [0.5, 0.6) is 5.75 Å². The summed E-state index contributed by atoms with van der Waals surface area (Å²) < 4.78 is 50.4. The number of benzene rings is 3. The van der Waals surface area contributed by atoms with E-state index in [1.54, 1.807) is 30.3 Å². The SMILES string of the molecule is O=C(C[C@@H]1C[C@@H]2c3cc(NC(=O)Nc4ccc(C(F)(F)F)cc4)ccc3O[C@@H]2[C@H](CO)O1)NCc1ccc(Cl)cc1. The smallest absolute Gasteiger partial charge is 0.416 e. The number of nitrogens with one attached hydrogen (secondary N) is 3. The van der Waals surface area contributed by atoms with Gasteiger partial charge in [0.2, 0.25) is 5.91 Å². The maximum Gasteiger partial charge on any atom is 0.416 e. The van der Waals surface area contributed by atoms with Crippen LogP contribution < -0.4 is 20.7 Å². The Hall–Kier alpha value is -3.80. The van der Waals surface area contributed by atoms with Gasteiger partial charge in [-0.15, -0.1) is 0 Å². The molecule has 0 bridgehead atoms. The van der Waals surface area contributed by atoms with Crippen molar-refractivity contribution in [2.24, 2.45) is 0 Å². The minimum Gasteiger partial charge on any atom is -0.487 e. The lowest BCUT2D eigenvalue weighted by molar-refractivity contribution is -0.142. The monoisotopic (exact) mass is 589 g/mol. The van der Waals surface area contributed by atoms with Crippen molar-refractivity contribution in [2.75, 3.05) is 17.2 Å². The van der Waals surface area contributed by atoms with Gasteiger partial charge in [0, 0.05) is 34.4 Å². The molecule has 3 aromatic carbocycles. The Kier molecular flexibility index (Phi) is 8.39. The first-order valence-electron chi connectivity index (χ1n) is 12.9. The minimum absolute atomic E-state index is 0.0934. The van der Waals surface area contributed by atoms with Crippen LogP contribution >= 0.6 is 11.6 Å². The van der Waals surface area contributed by atoms with Crippen molar-refractivity contribution in [3.05, 3.63) is 88.4 Å². The molecule has 12 heteroatoms. The molecule has 4 N–H and O–H groups in total. The molecule has 8 nitrogen and oxygen atoms in total. The van der Waals surface area contributed by atoms with E-state index in [0.717, 1.165) is 23.3 Å². The largest absolute Gasteiger partial charge is 0.487 e. The van der Waals surface area contributed by atoms with E-state index in [9.17, 15) is 27.9 Å². The van der Waals surface area contributed by atoms with Crippen LogP contribution in [-0.2, 0) is 22.3 Å². The maximum atomic E-state index is 12.8. The van der Waals surface area contributed by atoms with E-state index in [4.69, 9.17) is 21.1 Å². The van der Waals surface area contributed by atoms with Crippen molar-refractivity contribution in [2.45, 2.75) is 49.8 Å². The third-order valence-corrected chi connectivity index (χ3v) is 7.30. The summed E-state index contributed by atoms with van der Waals surface area (Å²) >= 11 is 5.91. The Balaban J connectivity index is 1.21. The molecule has 1 fully saturated rings. The lowest BCUT2D eigenvalue weighted by atomic mass is 9.84. The number of hydrogen-bond acceptors (Lipinski definition) is 5. The number of aliphatic hydroxyl groups excluding tert-OH is 1. The zero-order chi connectivity index (χ0) is 29.1. The molecule has 2 heterocycles. The fourth-order valence-corrected chi connectivity index (χ4v) is 5.21. The molecule has 0 saturated carbocycles. The molecule has 0 spiro atoms. The van der Waals surface area contributed by atoms with Gasteiger partial charge in [-0.2, -0.15) is 13.2 Å². The van der Waals surface area contributed by atoms with Gasteiger partial charge >= 0.3 is 12.2 Å². The minimum atomic E-state index is -4.47. The summed E-state index contributed by atoms with van der Waals surface area (Å²) in [4.78, 5) is 25.2. The van der Waals surface area contributed by atoms with Crippen molar-refractivity contribution in [1.29, 1.82) is 0 Å². The predicted molar refractivity (Wildman–Crippen MR) is 146 cm³/mol. The number of hydrogen-bond donors (Lipinski definition) is 4. The number of amides is 3. The number of aliphatic hydroxyl groups is 1. The van der Waals surface area contributed by atoms with E-state index in [1.807, 2.05) is 12.1 Å². The van der Waals surface area contributed by atoms with Crippen LogP contribution in [0.2, 0.25) is 5.02 Å². The fraction of sp³-hybridized carbons (Fsp3) is 0.310. The predicted octanol–water partition coefficient (Wildman–Crippen LogP) is 5.70. The highest BCUT2D eigenvalue weighted by Gasteiger charge is 2.46. The molecule has 41 heavy (non-hydrogen) atoms. The summed E-state index contributed by atoms with van der Waals surface area (Å²) in [6.07, 6.45) is -5.48. The second-order valence-electron chi connectivity index (χ2n) is 9.92. The number of carbonyl (C=O) groups excluding carboxylic acids is 2. The van der Waals surface area contributed by atoms with E-state index >= 15 is 0 Å². The average molecular weight is 590 g/mol. The number of urea groups is 1. The molecule has 0 aromatic heterocycles. The van der Waals surface area contributed by atoms with Gasteiger partial charge in [-0.05, 0) is 66.6 Å². The van der Waals surface area contributed by atoms with E-state index in [2.05, 4.69) is 16.0 Å². The van der Waals surface area contributed by atoms with Gasteiger partial charge in [0.1, 0.15) is 18.0 Å². The average Bonchev–Trinajstić information content (AvgIpc) is 3.30. The topological polar surface area (TPSA) is 109 Å². The highest BCUT2D eigenvalue weighted by Crippen LogP contribution is 2.47. The molecular weight excluding hydrogens is 563 g/mol. The first-order chi connectivity index (χ1) is 19.6. The highest BCUT2D eigenvalue weighted by atomic mass is 35.5. The second-order valence-corrected chi connectivity index (χ2v) is 10.4. The third-order valence-electron chi connectivity index (χ3n) is 7.04. The Morgan fingerprint density at radius 1 is 0.976 bits per heavy atom. The molecular formula is C29H27ClF3N3O5. The number of rotatable bonds is 7. The summed E-state index contributed by atoms with van der Waals surface area (Å²) in [5.41, 5.74) is 1.54. The van der Waals surface area contributed by atoms with Gasteiger partial charge in [0.15, 0.2) is 0 Å². The Bertz CT molecular complexity index is 1400. The van der Waals surface area contributed by atoms with E-state index in [0.29, 0.717) is 29.4 Å². The molecule has 2 aliphatic rings. The maximum absolute atomic E-state index is 12.8. The number of fused-ring (bicyclic) bond motifs is 3. The molecule has 0 unspecified atom stereocenters. The van der Waals surface area contributed by atoms with E-state index in [-0.39, 0.29) is 30.5 Å². The zero-order valence-electron chi connectivity index (χ0n) is 21.6. The molecule has 0 aliphatic carbocycles. The Labute approximate surface area is 238 Å². The summed E-state index contributed by atoms with van der Waals surface area (Å²) in [5.74, 6) is 0.197. The van der Waals surface area contributed by atoms with Crippen LogP contribution in [0.15, 0.2) is 66.7 Å². The summed E-state index contributed by atoms with van der Waals surface area (Å²) in [6, 6.07) is 15.7. The van der Waals surface area contributed by atoms with Crippen LogP contribution in [-0.4, -0.2) is 42.0 Å². The molecule has 4 atom stereocenters. The van der Waals surface area contributed by atoms with Crippen molar-refractivity contribution in [3.63, 3.8) is 0 Å². The molecule has 5 rings (SSSR count). The Morgan fingerprint density at radius 3 is 2.34 bits per heavy atom. The van der Waals surface area contributed by atoms with Crippen molar-refractivity contribution < 1.29 is 37.3 Å². The quantitative estimate of drug-likeness (QED) is 0.283. The van der Waals surface area contributed by atoms with Gasteiger partial charge in [-0.25, -0.2) is 4.79 Å². The van der Waals surface area contributed by atoms with E-state index < -0.39 is 36.1 Å². The van der Waals surface area contributed by atoms with Crippen molar-refractivity contribution >= 4 is 34.9 Å². The zero-order valence-corrected chi connectivity index (χ0v) is 22.3. The molecule has 0 radical (unpaired) electrons. The van der Waals surface area contributed by atoms with Crippen LogP contribution in [0.25, 0.3) is 0 Å². The summed E-state index contributed by atoms with van der Waals surface area (Å²) in [5, 5.41) is 18.7. The number of carbonyl (C=O) groups is 2. The van der Waals surface area contributed by atoms with Crippen molar-refractivity contribution in [3.8, 4) is 5.75 Å². The third kappa shape index (κ3) is 6.92. The summed E-state index contributed by atoms with van der Waals surface area (Å²) in [7, 11) is 0. The first kappa shape index (κ1) is 28.7. The number of halogens is 4. The molecule has 1 saturated heterocycles. The van der Waals surface area contributed by atoms with Crippen LogP contribution in [0.3, 0.4) is 0 Å². The standard InChI is InChI=1S/C29H27ClF3N3O5/c30-18-5-1-16(2-6-18)14-34-26(38)13-21-12-23-22-11-20(9-10-24(22)41-27(23)25(15-37)40-21)36-28(39)35-19-7-3-17(4-8-19)29(31,32)33/h1-11,21,23,25,27,37H,12-15H2,(H,34,38)(H2,35,36,39)/t21-,23+,25-,27-/m0/s1. The van der Waals surface area contributed by atoms with Crippen molar-refractivity contribution in [1.82, 2.24) is 5.32 Å². The van der Waals surface area contributed by atoms with Gasteiger partial charge < -0.3 is 30.5 Å². The van der Waals surface area contributed by atoms with E-state index in [1.165, 1.54) is 12.1 Å². The lowest BCUT2D eigenvalue weighted by Gasteiger charge is -2.37. The number of ether oxygens (including phenoxy) is 2. The van der Waals surface area contributed by atoms with Gasteiger partial charge in [-0.3, -0.25) is 4.79 Å². The van der Waals surface area contributed by atoms with Crippen LogP contribution in [0.1, 0.15) is 35.4 Å². The van der Waals surface area contributed by atoms with Gasteiger partial charge in [0.05, 0.1) is 24.7 Å². The van der Waals surface area contributed by atoms with Gasteiger partial charge in [-0.1, -0.05) is 23.7 Å². The number of anilines is 2. The fourth-order valence-electron chi connectivity index (χ4n) is 5.08. The highest BCUT2D eigenvalue weighted by molar-refractivity contribution is 6.30. The van der Waals surface area contributed by atoms with Crippen LogP contribution in [0.4, 0.5) is 29.3 Å². The van der Waals surface area contributed by atoms with Gasteiger partial charge in [0.25, 0.3) is 0 Å². The molecule has 3 amide bonds. The normalized spacial score (nSPS) is 21.3. The molecule has 3 aromatic rings. The number of alkyl halides is 3. The first-order valence-corrected chi connectivity index (χ1v) is 13.3.